The molecule has 96 valence electrons. The molecule has 1 atom stereocenters. The molecule has 0 aliphatic heterocycles. The van der Waals surface area contributed by atoms with E-state index in [1.807, 2.05) is 11.4 Å². The van der Waals surface area contributed by atoms with Crippen molar-refractivity contribution in [1.29, 1.82) is 0 Å². The second-order valence-electron chi connectivity index (χ2n) is 4.30. The van der Waals surface area contributed by atoms with Crippen LogP contribution in [0.5, 0.6) is 0 Å². The maximum atomic E-state index is 13.4. The molecule has 1 aromatic carbocycles. The van der Waals surface area contributed by atoms with E-state index < -0.39 is 11.6 Å². The number of benzene rings is 1. The van der Waals surface area contributed by atoms with Crippen molar-refractivity contribution in [3.05, 3.63) is 57.8 Å². The molecule has 1 nitrogen and oxygen atoms in total. The van der Waals surface area contributed by atoms with Crippen LogP contribution in [0.4, 0.5) is 8.78 Å². The highest BCUT2D eigenvalue weighted by Gasteiger charge is 2.11. The molecule has 0 aliphatic rings. The zero-order chi connectivity index (χ0) is 13.0. The summed E-state index contributed by atoms with van der Waals surface area (Å²) in [7, 11) is 0. The van der Waals surface area contributed by atoms with Crippen LogP contribution in [0.3, 0.4) is 0 Å². The Bertz CT molecular complexity index is 497. The molecule has 18 heavy (non-hydrogen) atoms. The highest BCUT2D eigenvalue weighted by atomic mass is 32.1. The van der Waals surface area contributed by atoms with Gasteiger partial charge in [-0.25, -0.2) is 8.78 Å². The van der Waals surface area contributed by atoms with E-state index in [9.17, 15) is 8.78 Å². The fraction of sp³-hybridized carbons (Fsp3) is 0.286. The summed E-state index contributed by atoms with van der Waals surface area (Å²) < 4.78 is 26.5. The van der Waals surface area contributed by atoms with Gasteiger partial charge in [0.1, 0.15) is 0 Å². The summed E-state index contributed by atoms with van der Waals surface area (Å²) in [6.45, 7) is 0. The molecule has 2 rings (SSSR count). The third-order valence-corrected chi connectivity index (χ3v) is 3.79. The van der Waals surface area contributed by atoms with Crippen molar-refractivity contribution in [2.24, 2.45) is 5.73 Å². The van der Waals surface area contributed by atoms with Crippen molar-refractivity contribution in [3.63, 3.8) is 0 Å². The number of hydrogen-bond donors (Lipinski definition) is 1. The van der Waals surface area contributed by atoms with Crippen LogP contribution in [0.25, 0.3) is 0 Å². The highest BCUT2D eigenvalue weighted by Crippen LogP contribution is 2.16. The van der Waals surface area contributed by atoms with Gasteiger partial charge in [0.05, 0.1) is 0 Å². The van der Waals surface area contributed by atoms with Crippen molar-refractivity contribution < 1.29 is 8.78 Å². The smallest absolute Gasteiger partial charge is 0.162 e. The maximum absolute atomic E-state index is 13.4. The minimum atomic E-state index is -0.807. The first kappa shape index (κ1) is 13.2. The molecular weight excluding hydrogens is 252 g/mol. The van der Waals surface area contributed by atoms with Crippen molar-refractivity contribution >= 4 is 11.3 Å². The van der Waals surface area contributed by atoms with Crippen LogP contribution in [0.15, 0.2) is 35.7 Å². The first-order valence-corrected chi connectivity index (χ1v) is 6.75. The summed E-state index contributed by atoms with van der Waals surface area (Å²) in [5.74, 6) is -1.58. The summed E-state index contributed by atoms with van der Waals surface area (Å²) >= 11 is 1.69. The van der Waals surface area contributed by atoms with E-state index in [0.29, 0.717) is 12.0 Å². The van der Waals surface area contributed by atoms with E-state index in [1.54, 1.807) is 17.4 Å². The Kier molecular flexibility index (Phi) is 4.44. The minimum Gasteiger partial charge on any atom is -0.327 e. The van der Waals surface area contributed by atoms with Gasteiger partial charge in [0.15, 0.2) is 11.6 Å². The lowest BCUT2D eigenvalue weighted by Gasteiger charge is -2.11. The van der Waals surface area contributed by atoms with Gasteiger partial charge in [0.25, 0.3) is 0 Å². The molecule has 0 bridgehead atoms. The molecule has 0 amide bonds. The second-order valence-corrected chi connectivity index (χ2v) is 5.33. The molecule has 1 heterocycles. The van der Waals surface area contributed by atoms with Crippen molar-refractivity contribution in [1.82, 2.24) is 0 Å². The Morgan fingerprint density at radius 3 is 2.72 bits per heavy atom. The summed E-state index contributed by atoms with van der Waals surface area (Å²) in [5, 5.41) is 2.02. The predicted molar refractivity (Wildman–Crippen MR) is 70.7 cm³/mol. The van der Waals surface area contributed by atoms with E-state index >= 15 is 0 Å². The van der Waals surface area contributed by atoms with E-state index in [1.165, 1.54) is 10.9 Å². The van der Waals surface area contributed by atoms with Gasteiger partial charge in [-0.3, -0.25) is 0 Å². The Morgan fingerprint density at radius 1 is 1.17 bits per heavy atom. The minimum absolute atomic E-state index is 0.150. The monoisotopic (exact) mass is 267 g/mol. The molecule has 0 saturated heterocycles. The number of thiophene rings is 1. The summed E-state index contributed by atoms with van der Waals surface area (Å²) in [5.41, 5.74) is 6.31. The zero-order valence-corrected chi connectivity index (χ0v) is 10.7. The molecule has 0 aliphatic carbocycles. The molecule has 4 heteroatoms. The average molecular weight is 267 g/mol. The Labute approximate surface area is 109 Å². The first-order valence-electron chi connectivity index (χ1n) is 5.87. The fourth-order valence-electron chi connectivity index (χ4n) is 1.87. The van der Waals surface area contributed by atoms with Gasteiger partial charge in [-0.05, 0) is 42.3 Å². The number of aryl methyl sites for hydroxylation is 1. The normalized spacial score (nSPS) is 12.6. The molecule has 0 saturated carbocycles. The summed E-state index contributed by atoms with van der Waals surface area (Å²) in [6, 6.07) is 8.13. The highest BCUT2D eigenvalue weighted by molar-refractivity contribution is 7.09. The van der Waals surface area contributed by atoms with Crippen molar-refractivity contribution in [3.8, 4) is 0 Å². The quantitative estimate of drug-likeness (QED) is 0.881. The third-order valence-electron chi connectivity index (χ3n) is 2.86. The molecule has 1 aromatic heterocycles. The van der Waals surface area contributed by atoms with Crippen molar-refractivity contribution in [2.45, 2.75) is 25.3 Å². The third kappa shape index (κ3) is 3.37. The lowest BCUT2D eigenvalue weighted by atomic mass is 10.0. The molecule has 0 radical (unpaired) electrons. The summed E-state index contributed by atoms with van der Waals surface area (Å²) in [6.07, 6.45) is 2.03. The van der Waals surface area contributed by atoms with Crippen LogP contribution in [0.2, 0.25) is 0 Å². The van der Waals surface area contributed by atoms with Crippen LogP contribution >= 0.6 is 11.3 Å². The van der Waals surface area contributed by atoms with Gasteiger partial charge in [0.2, 0.25) is 0 Å². The molecule has 2 N–H and O–H groups in total. The van der Waals surface area contributed by atoms with Gasteiger partial charge in [-0.2, -0.15) is 0 Å². The Balaban J connectivity index is 1.90. The van der Waals surface area contributed by atoms with Crippen LogP contribution in [-0.2, 0) is 12.8 Å². The average Bonchev–Trinajstić information content (AvgIpc) is 2.86. The lowest BCUT2D eigenvalue weighted by Crippen LogP contribution is -2.24. The van der Waals surface area contributed by atoms with Gasteiger partial charge >= 0.3 is 0 Å². The van der Waals surface area contributed by atoms with Gasteiger partial charge in [-0.1, -0.05) is 18.2 Å². The molecule has 0 spiro atoms. The van der Waals surface area contributed by atoms with Crippen LogP contribution in [0.1, 0.15) is 16.9 Å². The largest absolute Gasteiger partial charge is 0.327 e. The SMILES string of the molecule is NC(CCc1cccs1)Cc1cccc(F)c1F. The number of halogens is 2. The van der Waals surface area contributed by atoms with Crippen LogP contribution < -0.4 is 5.73 Å². The van der Waals surface area contributed by atoms with E-state index in [4.69, 9.17) is 5.73 Å². The molecular formula is C14H15F2NS. The van der Waals surface area contributed by atoms with Gasteiger partial charge in [0, 0.05) is 10.9 Å². The Morgan fingerprint density at radius 2 is 2.00 bits per heavy atom. The van der Waals surface area contributed by atoms with Crippen molar-refractivity contribution in [2.75, 3.05) is 0 Å². The van der Waals surface area contributed by atoms with E-state index in [2.05, 4.69) is 6.07 Å². The predicted octanol–water partition coefficient (Wildman–Crippen LogP) is 3.53. The molecule has 0 fully saturated rings. The first-order chi connectivity index (χ1) is 8.66. The Hall–Kier alpha value is -1.26. The molecule has 1 unspecified atom stereocenters. The standard InChI is InChI=1S/C14H15F2NS/c15-13-5-1-3-10(14(13)16)9-11(17)6-7-12-4-2-8-18-12/h1-5,8,11H,6-7,9,17H2. The number of rotatable bonds is 5. The van der Waals surface area contributed by atoms with Crippen LogP contribution in [-0.4, -0.2) is 6.04 Å². The number of hydrogen-bond acceptors (Lipinski definition) is 2. The lowest BCUT2D eigenvalue weighted by molar-refractivity contribution is 0.490. The zero-order valence-electron chi connectivity index (χ0n) is 9.90. The van der Waals surface area contributed by atoms with Crippen LogP contribution in [0, 0.1) is 11.6 Å². The molecule has 2 aromatic rings. The van der Waals surface area contributed by atoms with Gasteiger partial charge in [-0.15, -0.1) is 11.3 Å². The number of nitrogens with two attached hydrogens (primary N) is 1. The summed E-state index contributed by atoms with van der Waals surface area (Å²) in [4.78, 5) is 1.27. The maximum Gasteiger partial charge on any atom is 0.162 e. The van der Waals surface area contributed by atoms with E-state index in [0.717, 1.165) is 18.9 Å². The van der Waals surface area contributed by atoms with E-state index in [-0.39, 0.29) is 6.04 Å². The van der Waals surface area contributed by atoms with Gasteiger partial charge < -0.3 is 5.73 Å². The topological polar surface area (TPSA) is 26.0 Å². The fourth-order valence-corrected chi connectivity index (χ4v) is 2.60. The second kappa shape index (κ2) is 6.07.